The van der Waals surface area contributed by atoms with E-state index in [-0.39, 0.29) is 37.0 Å². The van der Waals surface area contributed by atoms with Gasteiger partial charge >= 0.3 is 0 Å². The maximum Gasteiger partial charge on any atom is 0.227 e. The van der Waals surface area contributed by atoms with Gasteiger partial charge in [-0.1, -0.05) is 30.3 Å². The number of halogens is 2. The fourth-order valence-corrected chi connectivity index (χ4v) is 3.52. The van der Waals surface area contributed by atoms with E-state index in [1.165, 1.54) is 11.0 Å². The number of anilines is 1. The molecule has 2 heterocycles. The van der Waals surface area contributed by atoms with Gasteiger partial charge in [-0.2, -0.15) is 0 Å². The van der Waals surface area contributed by atoms with Crippen LogP contribution in [0, 0.1) is 17.6 Å². The predicted octanol–water partition coefficient (Wildman–Crippen LogP) is 3.61. The van der Waals surface area contributed by atoms with Gasteiger partial charge in [0.05, 0.1) is 11.6 Å². The maximum absolute atomic E-state index is 14.0. The van der Waals surface area contributed by atoms with Crippen LogP contribution in [0.3, 0.4) is 0 Å². The zero-order chi connectivity index (χ0) is 22.5. The minimum atomic E-state index is -0.834. The first kappa shape index (κ1) is 21.4. The van der Waals surface area contributed by atoms with Crippen molar-refractivity contribution in [2.75, 3.05) is 11.4 Å². The predicted molar refractivity (Wildman–Crippen MR) is 114 cm³/mol. The van der Waals surface area contributed by atoms with E-state index >= 15 is 0 Å². The van der Waals surface area contributed by atoms with E-state index in [4.69, 9.17) is 4.74 Å². The summed E-state index contributed by atoms with van der Waals surface area (Å²) in [6.45, 7) is 0.650. The molecule has 1 aliphatic rings. The van der Waals surface area contributed by atoms with Gasteiger partial charge < -0.3 is 15.0 Å². The molecule has 2 aromatic carbocycles. The Labute approximate surface area is 183 Å². The molecule has 0 spiro atoms. The molecule has 164 valence electrons. The first-order chi connectivity index (χ1) is 15.5. The van der Waals surface area contributed by atoms with Crippen molar-refractivity contribution in [3.05, 3.63) is 89.6 Å². The molecule has 6 nitrogen and oxygen atoms in total. The number of hydrogen-bond acceptors (Lipinski definition) is 4. The van der Waals surface area contributed by atoms with Crippen LogP contribution in [-0.2, 0) is 22.7 Å². The third-order valence-corrected chi connectivity index (χ3v) is 5.19. The van der Waals surface area contributed by atoms with E-state index in [0.29, 0.717) is 12.5 Å². The lowest BCUT2D eigenvalue weighted by molar-refractivity contribution is -0.126. The molecule has 8 heteroatoms. The van der Waals surface area contributed by atoms with Crippen LogP contribution in [0.15, 0.2) is 66.9 Å². The number of carbonyl (C=O) groups is 2. The van der Waals surface area contributed by atoms with Crippen LogP contribution in [0.4, 0.5) is 14.5 Å². The minimum Gasteiger partial charge on any atom is -0.473 e. The van der Waals surface area contributed by atoms with Crippen molar-refractivity contribution in [3.63, 3.8) is 0 Å². The van der Waals surface area contributed by atoms with Gasteiger partial charge in [0.1, 0.15) is 18.2 Å². The van der Waals surface area contributed by atoms with Crippen LogP contribution >= 0.6 is 0 Å². The van der Waals surface area contributed by atoms with Crippen LogP contribution in [0.25, 0.3) is 0 Å². The third kappa shape index (κ3) is 5.08. The molecule has 1 atom stereocenters. The molecular formula is C24H21F2N3O3. The molecule has 1 unspecified atom stereocenters. The molecule has 4 rings (SSSR count). The van der Waals surface area contributed by atoms with E-state index in [1.54, 1.807) is 18.3 Å². The second-order valence-electron chi connectivity index (χ2n) is 7.50. The van der Waals surface area contributed by atoms with Crippen LogP contribution in [0.2, 0.25) is 0 Å². The molecule has 0 saturated carbocycles. The smallest absolute Gasteiger partial charge is 0.227 e. The van der Waals surface area contributed by atoms with Crippen molar-refractivity contribution in [2.45, 2.75) is 19.6 Å². The Balaban J connectivity index is 1.32. The average molecular weight is 437 g/mol. The SMILES string of the molecule is O=C(NCc1ccnc(OCc2ccccc2)c1)C1CC(=O)N(c2ccc(F)cc2F)C1. The summed E-state index contributed by atoms with van der Waals surface area (Å²) in [6.07, 6.45) is 1.56. The minimum absolute atomic E-state index is 0.0268. The molecule has 0 bridgehead atoms. The quantitative estimate of drug-likeness (QED) is 0.613. The Morgan fingerprint density at radius 2 is 1.91 bits per heavy atom. The van der Waals surface area contributed by atoms with Crippen molar-refractivity contribution in [1.82, 2.24) is 10.3 Å². The van der Waals surface area contributed by atoms with Gasteiger partial charge in [0.25, 0.3) is 0 Å². The van der Waals surface area contributed by atoms with Crippen LogP contribution in [0.1, 0.15) is 17.5 Å². The number of amides is 2. The summed E-state index contributed by atoms with van der Waals surface area (Å²) in [5, 5.41) is 2.80. The van der Waals surface area contributed by atoms with Gasteiger partial charge in [-0.25, -0.2) is 13.8 Å². The Morgan fingerprint density at radius 1 is 1.09 bits per heavy atom. The first-order valence-corrected chi connectivity index (χ1v) is 10.1. The lowest BCUT2D eigenvalue weighted by atomic mass is 10.1. The molecule has 1 fully saturated rings. The number of ether oxygens (including phenoxy) is 1. The lowest BCUT2D eigenvalue weighted by Gasteiger charge is -2.17. The molecular weight excluding hydrogens is 416 g/mol. The fourth-order valence-electron chi connectivity index (χ4n) is 3.52. The number of rotatable bonds is 7. The Kier molecular flexibility index (Phi) is 6.39. The third-order valence-electron chi connectivity index (χ3n) is 5.19. The van der Waals surface area contributed by atoms with E-state index in [2.05, 4.69) is 10.3 Å². The van der Waals surface area contributed by atoms with E-state index in [9.17, 15) is 18.4 Å². The summed E-state index contributed by atoms with van der Waals surface area (Å²) in [6, 6.07) is 16.2. The number of aromatic nitrogens is 1. The van der Waals surface area contributed by atoms with Crippen molar-refractivity contribution >= 4 is 17.5 Å². The second-order valence-corrected chi connectivity index (χ2v) is 7.50. The fraction of sp³-hybridized carbons (Fsp3) is 0.208. The highest BCUT2D eigenvalue weighted by molar-refractivity contribution is 6.00. The highest BCUT2D eigenvalue weighted by Crippen LogP contribution is 2.28. The Hall–Kier alpha value is -3.81. The topological polar surface area (TPSA) is 71.5 Å². The van der Waals surface area contributed by atoms with Gasteiger partial charge in [0.2, 0.25) is 17.7 Å². The van der Waals surface area contributed by atoms with Gasteiger partial charge in [-0.15, -0.1) is 0 Å². The summed E-state index contributed by atoms with van der Waals surface area (Å²) < 4.78 is 32.9. The van der Waals surface area contributed by atoms with Crippen LogP contribution < -0.4 is 15.0 Å². The average Bonchev–Trinajstić information content (AvgIpc) is 3.18. The molecule has 3 aromatic rings. The summed E-state index contributed by atoms with van der Waals surface area (Å²) in [4.78, 5) is 30.2. The first-order valence-electron chi connectivity index (χ1n) is 10.1. The number of carbonyl (C=O) groups excluding carboxylic acids is 2. The number of nitrogens with one attached hydrogen (secondary N) is 1. The van der Waals surface area contributed by atoms with Crippen molar-refractivity contribution in [1.29, 1.82) is 0 Å². The van der Waals surface area contributed by atoms with E-state index in [1.807, 2.05) is 30.3 Å². The molecule has 1 aliphatic heterocycles. The van der Waals surface area contributed by atoms with Gasteiger partial charge in [-0.05, 0) is 29.3 Å². The van der Waals surface area contributed by atoms with Gasteiger partial charge in [0, 0.05) is 37.8 Å². The zero-order valence-electron chi connectivity index (χ0n) is 17.1. The molecule has 0 radical (unpaired) electrons. The molecule has 1 aromatic heterocycles. The Morgan fingerprint density at radius 3 is 2.69 bits per heavy atom. The number of nitrogens with zero attached hydrogens (tertiary/aromatic N) is 2. The largest absolute Gasteiger partial charge is 0.473 e. The number of pyridine rings is 1. The zero-order valence-corrected chi connectivity index (χ0v) is 17.1. The van der Waals surface area contributed by atoms with E-state index in [0.717, 1.165) is 23.3 Å². The highest BCUT2D eigenvalue weighted by atomic mass is 19.1. The number of hydrogen-bond donors (Lipinski definition) is 1. The molecule has 2 amide bonds. The van der Waals surface area contributed by atoms with Crippen LogP contribution in [-0.4, -0.2) is 23.3 Å². The summed E-state index contributed by atoms with van der Waals surface area (Å²) >= 11 is 0. The van der Waals surface area contributed by atoms with Crippen molar-refractivity contribution < 1.29 is 23.1 Å². The second kappa shape index (κ2) is 9.55. The van der Waals surface area contributed by atoms with Gasteiger partial charge in [0.15, 0.2) is 0 Å². The maximum atomic E-state index is 14.0. The summed E-state index contributed by atoms with van der Waals surface area (Å²) in [5.41, 5.74) is 1.78. The summed E-state index contributed by atoms with van der Waals surface area (Å²) in [5.74, 6) is -2.43. The van der Waals surface area contributed by atoms with Gasteiger partial charge in [-0.3, -0.25) is 9.59 Å². The standard InChI is InChI=1S/C24H21F2N3O3/c25-19-6-7-21(20(26)12-19)29-14-18(11-23(29)30)24(31)28-13-17-8-9-27-22(10-17)32-15-16-4-2-1-3-5-16/h1-10,12,18H,11,13-15H2,(H,28,31). The lowest BCUT2D eigenvalue weighted by Crippen LogP contribution is -2.32. The number of benzene rings is 2. The van der Waals surface area contributed by atoms with Crippen molar-refractivity contribution in [3.8, 4) is 5.88 Å². The molecule has 1 saturated heterocycles. The molecule has 32 heavy (non-hydrogen) atoms. The Bertz CT molecular complexity index is 1120. The van der Waals surface area contributed by atoms with Crippen molar-refractivity contribution in [2.24, 2.45) is 5.92 Å². The molecule has 1 N–H and O–H groups in total. The van der Waals surface area contributed by atoms with E-state index < -0.39 is 17.6 Å². The van der Waals surface area contributed by atoms with Crippen LogP contribution in [0.5, 0.6) is 5.88 Å². The monoisotopic (exact) mass is 437 g/mol. The normalized spacial score (nSPS) is 15.6. The highest BCUT2D eigenvalue weighted by Gasteiger charge is 2.36. The summed E-state index contributed by atoms with van der Waals surface area (Å²) in [7, 11) is 0. The molecule has 0 aliphatic carbocycles.